The molecule has 1 heterocycles. The predicted octanol–water partition coefficient (Wildman–Crippen LogP) is 3.28. The second-order valence-electron chi connectivity index (χ2n) is 7.36. The Hall–Kier alpha value is -1.88. The van der Waals surface area contributed by atoms with Crippen LogP contribution in [-0.4, -0.2) is 42.5 Å². The molecule has 5 nitrogen and oxygen atoms in total. The second-order valence-corrected chi connectivity index (χ2v) is 7.36. The van der Waals surface area contributed by atoms with E-state index in [0.29, 0.717) is 37.8 Å². The lowest BCUT2D eigenvalue weighted by atomic mass is 9.98. The SMILES string of the molecule is O=C(NCCCOC1CCCCC1)c1cccc(CN2CCCC2=O)c1. The van der Waals surface area contributed by atoms with Gasteiger partial charge >= 0.3 is 0 Å². The fraction of sp³-hybridized carbons (Fsp3) is 0.619. The van der Waals surface area contributed by atoms with Crippen molar-refractivity contribution in [3.8, 4) is 0 Å². The van der Waals surface area contributed by atoms with Gasteiger partial charge in [0.05, 0.1) is 6.10 Å². The maximum atomic E-state index is 12.3. The maximum absolute atomic E-state index is 12.3. The summed E-state index contributed by atoms with van der Waals surface area (Å²) >= 11 is 0. The minimum Gasteiger partial charge on any atom is -0.378 e. The van der Waals surface area contributed by atoms with Crippen LogP contribution in [0.2, 0.25) is 0 Å². The maximum Gasteiger partial charge on any atom is 0.251 e. The number of carbonyl (C=O) groups is 2. The molecular weight excluding hydrogens is 328 g/mol. The molecule has 142 valence electrons. The van der Waals surface area contributed by atoms with Gasteiger partial charge in [0.15, 0.2) is 0 Å². The first-order valence-corrected chi connectivity index (χ1v) is 9.99. The number of rotatable bonds is 8. The van der Waals surface area contributed by atoms with Gasteiger partial charge in [0.25, 0.3) is 5.91 Å². The van der Waals surface area contributed by atoms with E-state index in [1.807, 2.05) is 29.2 Å². The van der Waals surface area contributed by atoms with Crippen molar-refractivity contribution in [1.29, 1.82) is 0 Å². The zero-order valence-electron chi connectivity index (χ0n) is 15.5. The molecule has 1 saturated carbocycles. The number of amides is 2. The third-order valence-electron chi connectivity index (χ3n) is 5.25. The van der Waals surface area contributed by atoms with Crippen molar-refractivity contribution in [1.82, 2.24) is 10.2 Å². The molecule has 0 radical (unpaired) electrons. The Bertz CT molecular complexity index is 611. The molecule has 1 N–H and O–H groups in total. The molecule has 1 aromatic rings. The molecule has 2 aliphatic rings. The number of hydrogen-bond acceptors (Lipinski definition) is 3. The minimum atomic E-state index is -0.0581. The van der Waals surface area contributed by atoms with Gasteiger partial charge in [-0.3, -0.25) is 9.59 Å². The van der Waals surface area contributed by atoms with Crippen LogP contribution in [0.4, 0.5) is 0 Å². The molecule has 0 bridgehead atoms. The Kier molecular flexibility index (Phi) is 7.06. The molecule has 2 amide bonds. The molecule has 2 fully saturated rings. The summed E-state index contributed by atoms with van der Waals surface area (Å²) < 4.78 is 5.89. The van der Waals surface area contributed by atoms with Crippen molar-refractivity contribution in [3.63, 3.8) is 0 Å². The van der Waals surface area contributed by atoms with Gasteiger partial charge in [-0.05, 0) is 43.4 Å². The third kappa shape index (κ3) is 5.56. The lowest BCUT2D eigenvalue weighted by Crippen LogP contribution is -2.27. The number of ether oxygens (including phenoxy) is 1. The summed E-state index contributed by atoms with van der Waals surface area (Å²) in [6, 6.07) is 7.57. The average molecular weight is 358 g/mol. The van der Waals surface area contributed by atoms with Crippen LogP contribution < -0.4 is 5.32 Å². The van der Waals surface area contributed by atoms with Crippen molar-refractivity contribution in [2.45, 2.75) is 64.0 Å². The summed E-state index contributed by atoms with van der Waals surface area (Å²) in [5.41, 5.74) is 1.66. The Morgan fingerprint density at radius 2 is 2.04 bits per heavy atom. The summed E-state index contributed by atoms with van der Waals surface area (Å²) in [6.07, 6.45) is 9.08. The number of benzene rings is 1. The molecule has 26 heavy (non-hydrogen) atoms. The Balaban J connectivity index is 1.38. The van der Waals surface area contributed by atoms with E-state index in [1.54, 1.807) is 0 Å². The average Bonchev–Trinajstić information content (AvgIpc) is 3.07. The quantitative estimate of drug-likeness (QED) is 0.726. The van der Waals surface area contributed by atoms with Gasteiger partial charge in [-0.2, -0.15) is 0 Å². The summed E-state index contributed by atoms with van der Waals surface area (Å²) in [5, 5.41) is 2.97. The van der Waals surface area contributed by atoms with Crippen LogP contribution in [0.5, 0.6) is 0 Å². The molecule has 0 aromatic heterocycles. The zero-order chi connectivity index (χ0) is 18.2. The molecule has 0 unspecified atom stereocenters. The predicted molar refractivity (Wildman–Crippen MR) is 101 cm³/mol. The molecule has 1 aliphatic heterocycles. The third-order valence-corrected chi connectivity index (χ3v) is 5.25. The first kappa shape index (κ1) is 18.9. The van der Waals surface area contributed by atoms with Crippen LogP contribution in [0.15, 0.2) is 24.3 Å². The zero-order valence-corrected chi connectivity index (χ0v) is 15.5. The molecule has 0 spiro atoms. The molecule has 5 heteroatoms. The molecule has 0 atom stereocenters. The molecule has 1 aromatic carbocycles. The van der Waals surface area contributed by atoms with Crippen molar-refractivity contribution in [3.05, 3.63) is 35.4 Å². The smallest absolute Gasteiger partial charge is 0.251 e. The number of hydrogen-bond donors (Lipinski definition) is 1. The first-order chi connectivity index (χ1) is 12.7. The van der Waals surface area contributed by atoms with E-state index in [9.17, 15) is 9.59 Å². The van der Waals surface area contributed by atoms with E-state index in [1.165, 1.54) is 32.1 Å². The normalized spacial score (nSPS) is 18.3. The first-order valence-electron chi connectivity index (χ1n) is 9.99. The molecule has 1 saturated heterocycles. The van der Waals surface area contributed by atoms with Crippen molar-refractivity contribution in [2.24, 2.45) is 0 Å². The van der Waals surface area contributed by atoms with Gasteiger partial charge in [0.1, 0.15) is 0 Å². The van der Waals surface area contributed by atoms with Crippen LogP contribution in [-0.2, 0) is 16.1 Å². The van der Waals surface area contributed by atoms with Crippen LogP contribution >= 0.6 is 0 Å². The van der Waals surface area contributed by atoms with Gasteiger partial charge < -0.3 is 15.0 Å². The van der Waals surface area contributed by atoms with E-state index in [4.69, 9.17) is 4.74 Å². The Labute approximate surface area is 156 Å². The van der Waals surface area contributed by atoms with Gasteiger partial charge in [0, 0.05) is 38.2 Å². The van der Waals surface area contributed by atoms with Crippen LogP contribution in [0, 0.1) is 0 Å². The highest BCUT2D eigenvalue weighted by molar-refractivity contribution is 5.94. The van der Waals surface area contributed by atoms with Crippen molar-refractivity contribution >= 4 is 11.8 Å². The lowest BCUT2D eigenvalue weighted by molar-refractivity contribution is -0.128. The number of carbonyl (C=O) groups excluding carboxylic acids is 2. The van der Waals surface area contributed by atoms with E-state index < -0.39 is 0 Å². The topological polar surface area (TPSA) is 58.6 Å². The highest BCUT2D eigenvalue weighted by Gasteiger charge is 2.20. The Morgan fingerprint density at radius 3 is 2.81 bits per heavy atom. The second kappa shape index (κ2) is 9.72. The highest BCUT2D eigenvalue weighted by Crippen LogP contribution is 2.20. The van der Waals surface area contributed by atoms with E-state index >= 15 is 0 Å². The fourth-order valence-electron chi connectivity index (χ4n) is 3.76. The minimum absolute atomic E-state index is 0.0581. The van der Waals surface area contributed by atoms with Crippen molar-refractivity contribution in [2.75, 3.05) is 19.7 Å². The van der Waals surface area contributed by atoms with E-state index in [2.05, 4.69) is 5.32 Å². The number of likely N-dealkylation sites (tertiary alicyclic amines) is 1. The Morgan fingerprint density at radius 1 is 1.19 bits per heavy atom. The van der Waals surface area contributed by atoms with Gasteiger partial charge in [0.2, 0.25) is 5.91 Å². The monoisotopic (exact) mass is 358 g/mol. The lowest BCUT2D eigenvalue weighted by Gasteiger charge is -2.21. The molecule has 3 rings (SSSR count). The molecule has 1 aliphatic carbocycles. The summed E-state index contributed by atoms with van der Waals surface area (Å²) in [6.45, 7) is 2.74. The molecular formula is C21H30N2O3. The summed E-state index contributed by atoms with van der Waals surface area (Å²) in [7, 11) is 0. The van der Waals surface area contributed by atoms with E-state index in [-0.39, 0.29) is 11.8 Å². The number of nitrogens with zero attached hydrogens (tertiary/aromatic N) is 1. The number of nitrogens with one attached hydrogen (secondary N) is 1. The van der Waals surface area contributed by atoms with Crippen LogP contribution in [0.1, 0.15) is 67.3 Å². The van der Waals surface area contributed by atoms with E-state index in [0.717, 1.165) is 24.9 Å². The standard InChI is InChI=1S/C21H30N2O3/c24-20-11-5-13-23(20)16-17-7-4-8-18(15-17)21(25)22-12-6-14-26-19-9-2-1-3-10-19/h4,7-8,15,19H,1-3,5-6,9-14,16H2,(H,22,25). The van der Waals surface area contributed by atoms with Crippen LogP contribution in [0.3, 0.4) is 0 Å². The highest BCUT2D eigenvalue weighted by atomic mass is 16.5. The largest absolute Gasteiger partial charge is 0.378 e. The van der Waals surface area contributed by atoms with Gasteiger partial charge in [-0.25, -0.2) is 0 Å². The fourth-order valence-corrected chi connectivity index (χ4v) is 3.76. The van der Waals surface area contributed by atoms with Crippen molar-refractivity contribution < 1.29 is 14.3 Å². The summed E-state index contributed by atoms with van der Waals surface area (Å²) in [5.74, 6) is 0.148. The van der Waals surface area contributed by atoms with Crippen LogP contribution in [0.25, 0.3) is 0 Å². The van der Waals surface area contributed by atoms with Gasteiger partial charge in [-0.15, -0.1) is 0 Å². The van der Waals surface area contributed by atoms with Gasteiger partial charge in [-0.1, -0.05) is 31.4 Å². The summed E-state index contributed by atoms with van der Waals surface area (Å²) in [4.78, 5) is 25.9.